The monoisotopic (exact) mass is 464 g/mol. The Morgan fingerprint density at radius 3 is 2.38 bits per heavy atom. The Kier molecular flexibility index (Phi) is 6.50. The number of sulfonamides is 1. The van der Waals surface area contributed by atoms with Crippen molar-refractivity contribution in [2.75, 3.05) is 4.72 Å². The fourth-order valence-corrected chi connectivity index (χ4v) is 4.27. The molecule has 0 spiro atoms. The predicted octanol–water partition coefficient (Wildman–Crippen LogP) is 6.13. The number of nitrogens with zero attached hydrogens (tertiary/aromatic N) is 1. The number of para-hydroxylation sites is 1. The van der Waals surface area contributed by atoms with Crippen molar-refractivity contribution in [3.05, 3.63) is 83.6 Å². The number of aromatic nitrogens is 1. The van der Waals surface area contributed by atoms with Crippen LogP contribution in [0.25, 0.3) is 0 Å². The molecule has 0 amide bonds. The molecule has 0 unspecified atom stereocenters. The first-order valence-corrected chi connectivity index (χ1v) is 11.4. The van der Waals surface area contributed by atoms with Crippen molar-refractivity contribution in [2.45, 2.75) is 38.1 Å². The Bertz CT molecular complexity index is 1200. The van der Waals surface area contributed by atoms with Gasteiger partial charge in [0.1, 0.15) is 11.4 Å². The first-order chi connectivity index (χ1) is 14.9. The van der Waals surface area contributed by atoms with Crippen molar-refractivity contribution in [3.63, 3.8) is 0 Å². The Labute approximate surface area is 185 Å². The lowest BCUT2D eigenvalue weighted by Crippen LogP contribution is -2.17. The second-order valence-electron chi connectivity index (χ2n) is 8.26. The van der Waals surface area contributed by atoms with E-state index in [1.165, 1.54) is 30.5 Å². The quantitative estimate of drug-likeness (QED) is 0.476. The number of rotatable bonds is 6. The second-order valence-corrected chi connectivity index (χ2v) is 9.99. The zero-order chi connectivity index (χ0) is 23.6. The Hall–Kier alpha value is -3.07. The molecule has 1 aromatic heterocycles. The van der Waals surface area contributed by atoms with Crippen LogP contribution in [-0.4, -0.2) is 13.4 Å². The second kappa shape index (κ2) is 8.82. The molecule has 2 aromatic carbocycles. The summed E-state index contributed by atoms with van der Waals surface area (Å²) >= 11 is 0. The molecule has 5 nitrogen and oxygen atoms in total. The molecule has 0 saturated carbocycles. The van der Waals surface area contributed by atoms with Gasteiger partial charge in [0.15, 0.2) is 0 Å². The summed E-state index contributed by atoms with van der Waals surface area (Å²) in [6, 6.07) is 14.6. The summed E-state index contributed by atoms with van der Waals surface area (Å²) < 4.78 is 72.5. The topological polar surface area (TPSA) is 68.3 Å². The molecule has 0 aliphatic carbocycles. The first-order valence-electron chi connectivity index (χ1n) is 9.74. The van der Waals surface area contributed by atoms with Gasteiger partial charge < -0.3 is 4.74 Å². The molecule has 0 atom stereocenters. The maximum Gasteiger partial charge on any atom is 0.416 e. The van der Waals surface area contributed by atoms with Gasteiger partial charge in [0.2, 0.25) is 15.9 Å². The third-order valence-corrected chi connectivity index (χ3v) is 5.79. The average Bonchev–Trinajstić information content (AvgIpc) is 2.68. The van der Waals surface area contributed by atoms with Gasteiger partial charge in [-0.2, -0.15) is 13.2 Å². The van der Waals surface area contributed by atoms with E-state index in [0.29, 0.717) is 5.75 Å². The molecule has 0 radical (unpaired) electrons. The smallest absolute Gasteiger partial charge is 0.416 e. The van der Waals surface area contributed by atoms with Crippen LogP contribution in [0.3, 0.4) is 0 Å². The van der Waals surface area contributed by atoms with Gasteiger partial charge >= 0.3 is 6.18 Å². The van der Waals surface area contributed by atoms with E-state index in [0.717, 1.165) is 17.7 Å². The highest BCUT2D eigenvalue weighted by Crippen LogP contribution is 2.36. The zero-order valence-electron chi connectivity index (χ0n) is 17.8. The number of pyridine rings is 1. The maximum atomic E-state index is 12.9. The number of hydrogen-bond donors (Lipinski definition) is 1. The summed E-state index contributed by atoms with van der Waals surface area (Å²) in [7, 11) is -4.04. The average molecular weight is 465 g/mol. The lowest BCUT2D eigenvalue weighted by Gasteiger charge is -2.22. The molecule has 0 fully saturated rings. The summed E-state index contributed by atoms with van der Waals surface area (Å²) in [6.45, 7) is 6.06. The molecule has 1 heterocycles. The molecule has 0 aliphatic rings. The summed E-state index contributed by atoms with van der Waals surface area (Å²) in [5.74, 6) is -0.0713. The minimum absolute atomic E-state index is 0.0109. The van der Waals surface area contributed by atoms with E-state index in [-0.39, 0.29) is 22.5 Å². The number of benzene rings is 2. The van der Waals surface area contributed by atoms with Gasteiger partial charge in [-0.15, -0.1) is 0 Å². The Morgan fingerprint density at radius 1 is 0.969 bits per heavy atom. The molecule has 170 valence electrons. The zero-order valence-corrected chi connectivity index (χ0v) is 18.6. The van der Waals surface area contributed by atoms with E-state index >= 15 is 0 Å². The van der Waals surface area contributed by atoms with E-state index in [9.17, 15) is 21.6 Å². The van der Waals surface area contributed by atoms with Crippen LogP contribution in [0.1, 0.15) is 37.5 Å². The Morgan fingerprint density at radius 2 is 1.69 bits per heavy atom. The number of hydrogen-bond acceptors (Lipinski definition) is 4. The highest BCUT2D eigenvalue weighted by Gasteiger charge is 2.30. The highest BCUT2D eigenvalue weighted by molar-refractivity contribution is 7.91. The fourth-order valence-electron chi connectivity index (χ4n) is 3.09. The summed E-state index contributed by atoms with van der Waals surface area (Å²) in [5, 5.41) is 0. The van der Waals surface area contributed by atoms with E-state index in [4.69, 9.17) is 4.74 Å². The van der Waals surface area contributed by atoms with Gasteiger partial charge in [-0.25, -0.2) is 13.4 Å². The van der Waals surface area contributed by atoms with Crippen LogP contribution in [0.15, 0.2) is 66.9 Å². The van der Waals surface area contributed by atoms with Crippen LogP contribution >= 0.6 is 0 Å². The standard InChI is InChI=1S/C23H23F3N2O3S/c1-22(2,3)18-10-4-5-12-20(18)31-21-19(11-7-13-27-21)28-32(29,30)15-16-8-6-9-17(14-16)23(24,25)26/h4-14,28H,15H2,1-3H3. The van der Waals surface area contributed by atoms with E-state index in [1.807, 2.05) is 32.9 Å². The van der Waals surface area contributed by atoms with Crippen molar-refractivity contribution in [1.82, 2.24) is 4.98 Å². The van der Waals surface area contributed by atoms with Crippen molar-refractivity contribution >= 4 is 15.7 Å². The molecule has 0 saturated heterocycles. The molecule has 9 heteroatoms. The summed E-state index contributed by atoms with van der Waals surface area (Å²) in [6.07, 6.45) is -3.10. The van der Waals surface area contributed by atoms with E-state index in [2.05, 4.69) is 9.71 Å². The highest BCUT2D eigenvalue weighted by atomic mass is 32.2. The van der Waals surface area contributed by atoms with Gasteiger partial charge in [-0.05, 0) is 35.2 Å². The lowest BCUT2D eigenvalue weighted by molar-refractivity contribution is -0.137. The summed E-state index contributed by atoms with van der Waals surface area (Å²) in [5.41, 5.74) is -0.132. The van der Waals surface area contributed by atoms with Crippen molar-refractivity contribution < 1.29 is 26.3 Å². The largest absolute Gasteiger partial charge is 0.437 e. The molecule has 3 aromatic rings. The molecule has 1 N–H and O–H groups in total. The van der Waals surface area contributed by atoms with Crippen LogP contribution in [-0.2, 0) is 27.4 Å². The molecular formula is C23H23F3N2O3S. The SMILES string of the molecule is CC(C)(C)c1ccccc1Oc1ncccc1NS(=O)(=O)Cc1cccc(C(F)(F)F)c1. The number of alkyl halides is 3. The normalized spacial score (nSPS) is 12.4. The van der Waals surface area contributed by atoms with Crippen molar-refractivity contribution in [2.24, 2.45) is 0 Å². The lowest BCUT2D eigenvalue weighted by atomic mass is 9.86. The van der Waals surface area contributed by atoms with Crippen LogP contribution in [0.2, 0.25) is 0 Å². The van der Waals surface area contributed by atoms with Gasteiger partial charge in [-0.1, -0.05) is 57.2 Å². The number of nitrogens with one attached hydrogen (secondary N) is 1. The van der Waals surface area contributed by atoms with Gasteiger partial charge in [0, 0.05) is 11.8 Å². The van der Waals surface area contributed by atoms with Crippen molar-refractivity contribution in [1.29, 1.82) is 0 Å². The molecular weight excluding hydrogens is 441 g/mol. The number of anilines is 1. The Balaban J connectivity index is 1.86. The minimum atomic E-state index is -4.56. The fraction of sp³-hybridized carbons (Fsp3) is 0.261. The van der Waals surface area contributed by atoms with E-state index < -0.39 is 27.5 Å². The van der Waals surface area contributed by atoms with Crippen LogP contribution in [0.5, 0.6) is 11.6 Å². The van der Waals surface area contributed by atoms with Crippen molar-refractivity contribution in [3.8, 4) is 11.6 Å². The third-order valence-electron chi connectivity index (χ3n) is 4.55. The minimum Gasteiger partial charge on any atom is -0.437 e. The van der Waals surface area contributed by atoms with Crippen LogP contribution < -0.4 is 9.46 Å². The number of halogens is 3. The van der Waals surface area contributed by atoms with Crippen LogP contribution in [0.4, 0.5) is 18.9 Å². The molecule has 3 rings (SSSR count). The molecule has 0 aliphatic heterocycles. The predicted molar refractivity (Wildman–Crippen MR) is 117 cm³/mol. The molecule has 0 bridgehead atoms. The van der Waals surface area contributed by atoms with Gasteiger partial charge in [0.05, 0.1) is 11.3 Å². The third kappa shape index (κ3) is 6.00. The summed E-state index contributed by atoms with van der Waals surface area (Å²) in [4.78, 5) is 4.14. The first kappa shape index (κ1) is 23.6. The molecule has 32 heavy (non-hydrogen) atoms. The maximum absolute atomic E-state index is 12.9. The van der Waals surface area contributed by atoms with Gasteiger partial charge in [0.25, 0.3) is 0 Å². The number of ether oxygens (including phenoxy) is 1. The van der Waals surface area contributed by atoms with Crippen LogP contribution in [0, 0.1) is 0 Å². The van der Waals surface area contributed by atoms with Gasteiger partial charge in [-0.3, -0.25) is 4.72 Å². The van der Waals surface area contributed by atoms with E-state index in [1.54, 1.807) is 12.1 Å².